The zero-order chi connectivity index (χ0) is 11.2. The highest BCUT2D eigenvalue weighted by molar-refractivity contribution is 5.15. The Kier molecular flexibility index (Phi) is 3.46. The Morgan fingerprint density at radius 2 is 1.94 bits per heavy atom. The summed E-state index contributed by atoms with van der Waals surface area (Å²) in [6, 6.07) is 11.5. The monoisotopic (exact) mass is 216 g/mol. The van der Waals surface area contributed by atoms with Gasteiger partial charge >= 0.3 is 0 Å². The molecular formula is C12H12N2O2. The minimum atomic E-state index is -0.178. The van der Waals surface area contributed by atoms with Crippen LogP contribution in [0.2, 0.25) is 0 Å². The van der Waals surface area contributed by atoms with E-state index in [0.29, 0.717) is 18.3 Å². The quantitative estimate of drug-likeness (QED) is 0.842. The van der Waals surface area contributed by atoms with Crippen LogP contribution in [0.3, 0.4) is 0 Å². The lowest BCUT2D eigenvalue weighted by Gasteiger charge is -2.05. The molecule has 0 bridgehead atoms. The van der Waals surface area contributed by atoms with Crippen LogP contribution in [-0.4, -0.2) is 15.1 Å². The van der Waals surface area contributed by atoms with Gasteiger partial charge in [-0.3, -0.25) is 0 Å². The van der Waals surface area contributed by atoms with E-state index in [2.05, 4.69) is 9.97 Å². The predicted molar refractivity (Wildman–Crippen MR) is 58.7 cm³/mol. The topological polar surface area (TPSA) is 55.2 Å². The van der Waals surface area contributed by atoms with Crippen molar-refractivity contribution < 1.29 is 9.84 Å². The average Bonchev–Trinajstić information content (AvgIpc) is 2.38. The number of hydrogen-bond acceptors (Lipinski definition) is 4. The van der Waals surface area contributed by atoms with Crippen LogP contribution >= 0.6 is 0 Å². The van der Waals surface area contributed by atoms with Crippen molar-refractivity contribution in [1.82, 2.24) is 9.97 Å². The predicted octanol–water partition coefficient (Wildman–Crippen LogP) is 1.55. The molecule has 1 N–H and O–H groups in total. The molecular weight excluding hydrogens is 204 g/mol. The molecule has 16 heavy (non-hydrogen) atoms. The van der Waals surface area contributed by atoms with Crippen LogP contribution in [0, 0.1) is 0 Å². The van der Waals surface area contributed by atoms with Crippen molar-refractivity contribution in [3.63, 3.8) is 0 Å². The Bertz CT molecular complexity index is 446. The van der Waals surface area contributed by atoms with Gasteiger partial charge in [0.15, 0.2) is 5.82 Å². The van der Waals surface area contributed by atoms with Crippen LogP contribution in [0.1, 0.15) is 11.4 Å². The molecule has 2 aromatic rings. The fourth-order valence-electron chi connectivity index (χ4n) is 1.27. The van der Waals surface area contributed by atoms with Crippen LogP contribution in [0.5, 0.6) is 5.88 Å². The van der Waals surface area contributed by atoms with Gasteiger partial charge in [-0.05, 0) is 5.56 Å². The molecule has 0 aliphatic heterocycles. The highest BCUT2D eigenvalue weighted by Gasteiger charge is 1.99. The molecule has 0 spiro atoms. The maximum absolute atomic E-state index is 8.87. The number of rotatable bonds is 4. The summed E-state index contributed by atoms with van der Waals surface area (Å²) >= 11 is 0. The number of hydrogen-bond donors (Lipinski definition) is 1. The number of nitrogens with zero attached hydrogens (tertiary/aromatic N) is 2. The first-order valence-corrected chi connectivity index (χ1v) is 4.98. The summed E-state index contributed by atoms with van der Waals surface area (Å²) in [5, 5.41) is 8.87. The van der Waals surface area contributed by atoms with Crippen molar-refractivity contribution in [3.05, 3.63) is 54.0 Å². The van der Waals surface area contributed by atoms with E-state index in [1.165, 1.54) is 0 Å². The van der Waals surface area contributed by atoms with E-state index in [1.807, 2.05) is 30.3 Å². The van der Waals surface area contributed by atoms with Crippen molar-refractivity contribution >= 4 is 0 Å². The third-order valence-electron chi connectivity index (χ3n) is 2.05. The Morgan fingerprint density at radius 1 is 1.12 bits per heavy atom. The second kappa shape index (κ2) is 5.23. The summed E-state index contributed by atoms with van der Waals surface area (Å²) < 4.78 is 5.47. The number of ether oxygens (including phenoxy) is 1. The van der Waals surface area contributed by atoms with Crippen LogP contribution in [0.4, 0.5) is 0 Å². The molecule has 0 aliphatic carbocycles. The van der Waals surface area contributed by atoms with Gasteiger partial charge in [0.1, 0.15) is 13.2 Å². The zero-order valence-corrected chi connectivity index (χ0v) is 8.71. The molecule has 0 fully saturated rings. The number of aliphatic hydroxyl groups excluding tert-OH is 1. The number of benzene rings is 1. The number of aliphatic hydroxyl groups is 1. The molecule has 0 unspecified atom stereocenters. The van der Waals surface area contributed by atoms with E-state index in [4.69, 9.17) is 9.84 Å². The standard InChI is InChI=1S/C12H12N2O2/c15-8-11-13-7-6-12(14-11)16-9-10-4-2-1-3-5-10/h1-7,15H,8-9H2. The Labute approximate surface area is 93.6 Å². The van der Waals surface area contributed by atoms with Crippen molar-refractivity contribution in [3.8, 4) is 5.88 Å². The van der Waals surface area contributed by atoms with Gasteiger partial charge in [0.2, 0.25) is 5.88 Å². The second-order valence-electron chi connectivity index (χ2n) is 3.24. The Balaban J connectivity index is 1.99. The summed E-state index contributed by atoms with van der Waals surface area (Å²) in [7, 11) is 0. The molecule has 1 aromatic heterocycles. The average molecular weight is 216 g/mol. The van der Waals surface area contributed by atoms with Gasteiger partial charge in [0, 0.05) is 12.3 Å². The fraction of sp³-hybridized carbons (Fsp3) is 0.167. The summed E-state index contributed by atoms with van der Waals surface area (Å²) in [5.41, 5.74) is 1.08. The van der Waals surface area contributed by atoms with Gasteiger partial charge in [-0.1, -0.05) is 30.3 Å². The molecule has 82 valence electrons. The molecule has 0 aliphatic rings. The highest BCUT2D eigenvalue weighted by atomic mass is 16.5. The molecule has 0 saturated heterocycles. The SMILES string of the molecule is OCc1nccc(OCc2ccccc2)n1. The van der Waals surface area contributed by atoms with Gasteiger partial charge in [-0.25, -0.2) is 4.98 Å². The van der Waals surface area contributed by atoms with Gasteiger partial charge in [0.05, 0.1) is 0 Å². The minimum Gasteiger partial charge on any atom is -0.473 e. The molecule has 1 aromatic carbocycles. The lowest BCUT2D eigenvalue weighted by Crippen LogP contribution is -2.00. The van der Waals surface area contributed by atoms with Gasteiger partial charge < -0.3 is 9.84 Å². The molecule has 0 atom stereocenters. The maximum Gasteiger partial charge on any atom is 0.216 e. The molecule has 1 heterocycles. The third kappa shape index (κ3) is 2.77. The smallest absolute Gasteiger partial charge is 0.216 e. The molecule has 2 rings (SSSR count). The second-order valence-corrected chi connectivity index (χ2v) is 3.24. The highest BCUT2D eigenvalue weighted by Crippen LogP contribution is 2.08. The molecule has 4 heteroatoms. The maximum atomic E-state index is 8.87. The van der Waals surface area contributed by atoms with Crippen LogP contribution < -0.4 is 4.74 Å². The first kappa shape index (κ1) is 10.6. The fourth-order valence-corrected chi connectivity index (χ4v) is 1.27. The van der Waals surface area contributed by atoms with E-state index in [0.717, 1.165) is 5.56 Å². The van der Waals surface area contributed by atoms with Crippen molar-refractivity contribution in [2.24, 2.45) is 0 Å². The Morgan fingerprint density at radius 3 is 2.69 bits per heavy atom. The first-order chi connectivity index (χ1) is 7.88. The lowest BCUT2D eigenvalue weighted by molar-refractivity contribution is 0.260. The van der Waals surface area contributed by atoms with Crippen LogP contribution in [0.25, 0.3) is 0 Å². The minimum absolute atomic E-state index is 0.178. The zero-order valence-electron chi connectivity index (χ0n) is 8.71. The van der Waals surface area contributed by atoms with Gasteiger partial charge in [-0.2, -0.15) is 4.98 Å². The Hall–Kier alpha value is -1.94. The van der Waals surface area contributed by atoms with Crippen molar-refractivity contribution in [2.75, 3.05) is 0 Å². The van der Waals surface area contributed by atoms with E-state index < -0.39 is 0 Å². The van der Waals surface area contributed by atoms with Crippen molar-refractivity contribution in [1.29, 1.82) is 0 Å². The van der Waals surface area contributed by atoms with E-state index in [1.54, 1.807) is 12.3 Å². The third-order valence-corrected chi connectivity index (χ3v) is 2.05. The van der Waals surface area contributed by atoms with Gasteiger partial charge in [-0.15, -0.1) is 0 Å². The molecule has 0 saturated carbocycles. The number of aromatic nitrogens is 2. The van der Waals surface area contributed by atoms with E-state index in [-0.39, 0.29) is 6.61 Å². The first-order valence-electron chi connectivity index (χ1n) is 4.98. The van der Waals surface area contributed by atoms with Crippen molar-refractivity contribution in [2.45, 2.75) is 13.2 Å². The van der Waals surface area contributed by atoms with E-state index in [9.17, 15) is 0 Å². The van der Waals surface area contributed by atoms with Crippen LogP contribution in [0.15, 0.2) is 42.6 Å². The normalized spacial score (nSPS) is 10.1. The lowest BCUT2D eigenvalue weighted by atomic mass is 10.2. The molecule has 0 amide bonds. The summed E-state index contributed by atoms with van der Waals surface area (Å²) in [6.07, 6.45) is 1.57. The molecule has 0 radical (unpaired) electrons. The molecule has 4 nitrogen and oxygen atoms in total. The summed E-state index contributed by atoms with van der Waals surface area (Å²) in [6.45, 7) is 0.283. The summed E-state index contributed by atoms with van der Waals surface area (Å²) in [5.74, 6) is 0.841. The van der Waals surface area contributed by atoms with Gasteiger partial charge in [0.25, 0.3) is 0 Å². The summed E-state index contributed by atoms with van der Waals surface area (Å²) in [4.78, 5) is 7.89. The van der Waals surface area contributed by atoms with E-state index >= 15 is 0 Å². The van der Waals surface area contributed by atoms with Crippen LogP contribution in [-0.2, 0) is 13.2 Å². The largest absolute Gasteiger partial charge is 0.473 e.